The third-order valence-corrected chi connectivity index (χ3v) is 9.82. The van der Waals surface area contributed by atoms with Gasteiger partial charge in [-0.2, -0.15) is 0 Å². The Morgan fingerprint density at radius 1 is 0.480 bits per heavy atom. The minimum Gasteiger partial charge on any atom is -0.465 e. The molecule has 0 aromatic rings. The maximum absolute atomic E-state index is 12.6. The molecule has 1 rings (SSSR count). The van der Waals surface area contributed by atoms with Gasteiger partial charge < -0.3 is 18.9 Å². The SMILES string of the molecule is CCCCCCCC/C=C\CCCCCCCC(=O)OCC1(COC(=O)CCCCCCC/C=C\CCCCCCCC)COC(C)(C)OC1. The summed E-state index contributed by atoms with van der Waals surface area (Å²) in [6.07, 6.45) is 42.1. The predicted octanol–water partition coefficient (Wildman–Crippen LogP) is 12.9. The molecule has 1 aliphatic rings. The van der Waals surface area contributed by atoms with Crippen LogP contribution >= 0.6 is 0 Å². The van der Waals surface area contributed by atoms with E-state index in [0.717, 1.165) is 51.4 Å². The number of rotatable bonds is 34. The summed E-state index contributed by atoms with van der Waals surface area (Å²) in [4.78, 5) is 25.1. The Balaban J connectivity index is 2.14. The first-order chi connectivity index (χ1) is 24.3. The lowest BCUT2D eigenvalue weighted by Crippen LogP contribution is -2.51. The third kappa shape index (κ3) is 28.0. The molecule has 0 amide bonds. The maximum Gasteiger partial charge on any atom is 0.305 e. The summed E-state index contributed by atoms with van der Waals surface area (Å²) in [5.41, 5.74) is -0.675. The van der Waals surface area contributed by atoms with Crippen LogP contribution in [0.5, 0.6) is 0 Å². The van der Waals surface area contributed by atoms with E-state index in [-0.39, 0.29) is 25.2 Å². The van der Waals surface area contributed by atoms with Crippen LogP contribution in [0.15, 0.2) is 24.3 Å². The van der Waals surface area contributed by atoms with Crippen molar-refractivity contribution in [1.29, 1.82) is 0 Å². The molecular formula is C44H80O6. The van der Waals surface area contributed by atoms with Crippen molar-refractivity contribution in [3.05, 3.63) is 24.3 Å². The summed E-state index contributed by atoms with van der Waals surface area (Å²) in [6.45, 7) is 9.17. The van der Waals surface area contributed by atoms with Crippen molar-refractivity contribution in [2.24, 2.45) is 5.41 Å². The van der Waals surface area contributed by atoms with Crippen LogP contribution in [0.25, 0.3) is 0 Å². The lowest BCUT2D eigenvalue weighted by Gasteiger charge is -2.42. The highest BCUT2D eigenvalue weighted by Crippen LogP contribution is 2.31. The van der Waals surface area contributed by atoms with Gasteiger partial charge >= 0.3 is 11.9 Å². The molecule has 0 unspecified atom stereocenters. The first-order valence-electron chi connectivity index (χ1n) is 21.2. The number of carbonyl (C=O) groups excluding carboxylic acids is 2. The van der Waals surface area contributed by atoms with Crippen LogP contribution in [0.4, 0.5) is 0 Å². The van der Waals surface area contributed by atoms with Crippen molar-refractivity contribution in [1.82, 2.24) is 0 Å². The minimum atomic E-state index is -0.703. The van der Waals surface area contributed by atoms with Crippen molar-refractivity contribution in [3.63, 3.8) is 0 Å². The van der Waals surface area contributed by atoms with Gasteiger partial charge in [-0.15, -0.1) is 0 Å². The lowest BCUT2D eigenvalue weighted by atomic mass is 9.91. The zero-order chi connectivity index (χ0) is 36.4. The van der Waals surface area contributed by atoms with E-state index in [1.54, 1.807) is 0 Å². The van der Waals surface area contributed by atoms with Crippen molar-refractivity contribution in [2.75, 3.05) is 26.4 Å². The average Bonchev–Trinajstić information content (AvgIpc) is 3.11. The number of ether oxygens (including phenoxy) is 4. The number of carbonyl (C=O) groups is 2. The second-order valence-corrected chi connectivity index (χ2v) is 15.5. The summed E-state index contributed by atoms with van der Waals surface area (Å²) in [6, 6.07) is 0. The van der Waals surface area contributed by atoms with Crippen LogP contribution < -0.4 is 0 Å². The van der Waals surface area contributed by atoms with Crippen molar-refractivity contribution < 1.29 is 28.5 Å². The summed E-state index contributed by atoms with van der Waals surface area (Å²) >= 11 is 0. The molecule has 0 aromatic heterocycles. The quantitative estimate of drug-likeness (QED) is 0.0377. The van der Waals surface area contributed by atoms with Gasteiger partial charge in [-0.25, -0.2) is 0 Å². The monoisotopic (exact) mass is 705 g/mol. The molecule has 1 aliphatic heterocycles. The Morgan fingerprint density at radius 3 is 1.12 bits per heavy atom. The van der Waals surface area contributed by atoms with Crippen LogP contribution in [0.2, 0.25) is 0 Å². The third-order valence-electron chi connectivity index (χ3n) is 9.82. The van der Waals surface area contributed by atoms with Crippen molar-refractivity contribution >= 4 is 11.9 Å². The molecular weight excluding hydrogens is 624 g/mol. The highest BCUT2D eigenvalue weighted by atomic mass is 16.7. The van der Waals surface area contributed by atoms with Gasteiger partial charge in [-0.3, -0.25) is 9.59 Å². The topological polar surface area (TPSA) is 71.1 Å². The van der Waals surface area contributed by atoms with Gasteiger partial charge in [0.15, 0.2) is 5.79 Å². The van der Waals surface area contributed by atoms with Gasteiger partial charge in [0.1, 0.15) is 13.2 Å². The van der Waals surface area contributed by atoms with Crippen molar-refractivity contribution in [3.8, 4) is 0 Å². The van der Waals surface area contributed by atoms with Crippen LogP contribution in [0, 0.1) is 5.41 Å². The molecule has 0 aliphatic carbocycles. The Morgan fingerprint density at radius 2 is 0.780 bits per heavy atom. The zero-order valence-electron chi connectivity index (χ0n) is 33.4. The smallest absolute Gasteiger partial charge is 0.305 e. The molecule has 0 spiro atoms. The van der Waals surface area contributed by atoms with E-state index in [2.05, 4.69) is 38.2 Å². The first-order valence-corrected chi connectivity index (χ1v) is 21.2. The van der Waals surface area contributed by atoms with Crippen LogP contribution in [0.3, 0.4) is 0 Å². The van der Waals surface area contributed by atoms with E-state index < -0.39 is 11.2 Å². The summed E-state index contributed by atoms with van der Waals surface area (Å²) in [5.74, 6) is -1.11. The molecule has 1 heterocycles. The zero-order valence-corrected chi connectivity index (χ0v) is 33.4. The summed E-state index contributed by atoms with van der Waals surface area (Å²) in [7, 11) is 0. The normalized spacial score (nSPS) is 15.6. The van der Waals surface area contributed by atoms with Gasteiger partial charge in [0, 0.05) is 12.8 Å². The highest BCUT2D eigenvalue weighted by Gasteiger charge is 2.42. The average molecular weight is 705 g/mol. The standard InChI is InChI=1S/C44H80O6/c1-5-7-9-11-13-15-17-19-21-23-25-27-29-31-33-35-41(45)47-37-44(39-49-43(3,4)50-40-44)38-48-42(46)36-34-32-30-28-26-24-22-20-18-16-14-12-10-8-6-2/h19-22H,5-18,23-40H2,1-4H3/b21-19-,22-20-. The largest absolute Gasteiger partial charge is 0.465 e. The first kappa shape index (κ1) is 46.4. The molecule has 0 radical (unpaired) electrons. The molecule has 0 atom stereocenters. The van der Waals surface area contributed by atoms with Crippen LogP contribution in [-0.4, -0.2) is 44.2 Å². The minimum absolute atomic E-state index is 0.133. The van der Waals surface area contributed by atoms with E-state index in [1.807, 2.05) is 13.8 Å². The second-order valence-electron chi connectivity index (χ2n) is 15.5. The summed E-state index contributed by atoms with van der Waals surface area (Å²) in [5, 5.41) is 0. The Labute approximate surface area is 309 Å². The number of unbranched alkanes of at least 4 members (excludes halogenated alkanes) is 22. The molecule has 0 bridgehead atoms. The maximum atomic E-state index is 12.6. The fourth-order valence-corrected chi connectivity index (χ4v) is 6.24. The predicted molar refractivity (Wildman–Crippen MR) is 209 cm³/mol. The summed E-state index contributed by atoms with van der Waals surface area (Å²) < 4.78 is 23.2. The van der Waals surface area contributed by atoms with E-state index in [1.165, 1.54) is 116 Å². The van der Waals surface area contributed by atoms with Gasteiger partial charge in [0.25, 0.3) is 0 Å². The van der Waals surface area contributed by atoms with Crippen molar-refractivity contribution in [2.45, 2.75) is 213 Å². The fourth-order valence-electron chi connectivity index (χ4n) is 6.24. The van der Waals surface area contributed by atoms with E-state index in [4.69, 9.17) is 18.9 Å². The van der Waals surface area contributed by atoms with Gasteiger partial charge in [-0.05, 0) is 78.1 Å². The molecule has 0 N–H and O–H groups in total. The van der Waals surface area contributed by atoms with E-state index >= 15 is 0 Å². The van der Waals surface area contributed by atoms with Gasteiger partial charge in [-0.1, -0.05) is 141 Å². The Hall–Kier alpha value is -1.66. The van der Waals surface area contributed by atoms with Gasteiger partial charge in [0.2, 0.25) is 0 Å². The molecule has 50 heavy (non-hydrogen) atoms. The highest BCUT2D eigenvalue weighted by molar-refractivity contribution is 5.69. The van der Waals surface area contributed by atoms with Gasteiger partial charge in [0.05, 0.1) is 18.6 Å². The fraction of sp³-hybridized carbons (Fsp3) is 0.864. The number of hydrogen-bond acceptors (Lipinski definition) is 6. The number of esters is 2. The molecule has 6 heteroatoms. The Kier molecular flexibility index (Phi) is 29.7. The molecule has 6 nitrogen and oxygen atoms in total. The van der Waals surface area contributed by atoms with Crippen LogP contribution in [0.1, 0.15) is 207 Å². The second kappa shape index (κ2) is 32.0. The molecule has 1 saturated heterocycles. The van der Waals surface area contributed by atoms with Crippen LogP contribution in [-0.2, 0) is 28.5 Å². The molecule has 292 valence electrons. The number of hydrogen-bond donors (Lipinski definition) is 0. The molecule has 1 fully saturated rings. The Bertz CT molecular complexity index is 795. The molecule has 0 saturated carbocycles. The molecule has 0 aromatic carbocycles. The van der Waals surface area contributed by atoms with E-state index in [9.17, 15) is 9.59 Å². The number of allylic oxidation sites excluding steroid dienone is 4. The van der Waals surface area contributed by atoms with E-state index in [0.29, 0.717) is 26.1 Å². The lowest BCUT2D eigenvalue weighted by molar-refractivity contribution is -0.296.